The van der Waals surface area contributed by atoms with E-state index in [0.717, 1.165) is 10.9 Å². The number of aromatic nitrogens is 3. The van der Waals surface area contributed by atoms with Gasteiger partial charge in [-0.2, -0.15) is 10.4 Å². The molecule has 3 aromatic rings. The van der Waals surface area contributed by atoms with Crippen LogP contribution in [0.5, 0.6) is 0 Å². The van der Waals surface area contributed by atoms with E-state index in [9.17, 15) is 14.0 Å². The number of halogens is 2. The molecule has 1 aromatic carbocycles. The van der Waals surface area contributed by atoms with E-state index >= 15 is 0 Å². The predicted octanol–water partition coefficient (Wildman–Crippen LogP) is 3.78. The first-order valence-corrected chi connectivity index (χ1v) is 8.48. The molecule has 9 heteroatoms. The second kappa shape index (κ2) is 7.90. The first kappa shape index (κ1) is 19.7. The average molecular weight is 393 g/mol. The zero-order valence-corrected chi connectivity index (χ0v) is 15.7. The van der Waals surface area contributed by atoms with Crippen molar-refractivity contribution in [2.75, 3.05) is 5.32 Å². The molecule has 0 bridgehead atoms. The van der Waals surface area contributed by atoms with Crippen LogP contribution in [-0.4, -0.2) is 20.6 Å². The van der Waals surface area contributed by atoms with Crippen molar-refractivity contribution in [2.45, 2.75) is 13.8 Å². The summed E-state index contributed by atoms with van der Waals surface area (Å²) in [7, 11) is 0. The summed E-state index contributed by atoms with van der Waals surface area (Å²) in [4.78, 5) is 8.22. The number of para-hydroxylation sites is 1. The molecule has 0 aliphatic carbocycles. The van der Waals surface area contributed by atoms with E-state index in [2.05, 4.69) is 27.0 Å². The minimum Gasteiger partial charge on any atom is -0.387 e. The first-order valence-electron chi connectivity index (χ1n) is 8.48. The topological polar surface area (TPSA) is 105 Å². The fourth-order valence-electron chi connectivity index (χ4n) is 2.67. The maximum atomic E-state index is 14.4. The van der Waals surface area contributed by atoms with Gasteiger partial charge >= 0.3 is 0 Å². The molecule has 146 valence electrons. The number of anilines is 1. The highest BCUT2D eigenvalue weighted by molar-refractivity contribution is 5.90. The number of nitriles is 1. The van der Waals surface area contributed by atoms with Gasteiger partial charge in [-0.1, -0.05) is 18.2 Å². The van der Waals surface area contributed by atoms with Crippen molar-refractivity contribution in [1.82, 2.24) is 14.8 Å². The summed E-state index contributed by atoms with van der Waals surface area (Å²) in [5.74, 6) is -0.479. The van der Waals surface area contributed by atoms with Gasteiger partial charge in [0, 0.05) is 6.20 Å². The summed E-state index contributed by atoms with van der Waals surface area (Å²) in [5.41, 5.74) is 6.30. The molecule has 0 saturated carbocycles. The first-order chi connectivity index (χ1) is 13.8. The molecule has 0 saturated heterocycles. The molecular formula is C20H17F2N7. The van der Waals surface area contributed by atoms with Gasteiger partial charge in [0.05, 0.1) is 23.0 Å². The molecular weight excluding hydrogens is 376 g/mol. The van der Waals surface area contributed by atoms with E-state index in [0.29, 0.717) is 17.2 Å². The third-order valence-electron chi connectivity index (χ3n) is 3.77. The maximum absolute atomic E-state index is 14.4. The number of rotatable bonds is 5. The second-order valence-electron chi connectivity index (χ2n) is 6.29. The lowest BCUT2D eigenvalue weighted by Gasteiger charge is -2.08. The minimum absolute atomic E-state index is 0.0437. The monoisotopic (exact) mass is 393 g/mol. The van der Waals surface area contributed by atoms with Crippen molar-refractivity contribution in [2.24, 2.45) is 10.7 Å². The highest BCUT2D eigenvalue weighted by atomic mass is 19.1. The number of hydrogen-bond acceptors (Lipinski definition) is 5. The number of hydrogen-bond donors (Lipinski definition) is 2. The van der Waals surface area contributed by atoms with E-state index in [1.54, 1.807) is 19.9 Å². The van der Waals surface area contributed by atoms with Crippen LogP contribution in [0.3, 0.4) is 0 Å². The van der Waals surface area contributed by atoms with Crippen LogP contribution in [0.15, 0.2) is 59.6 Å². The van der Waals surface area contributed by atoms with Crippen LogP contribution in [0.2, 0.25) is 0 Å². The van der Waals surface area contributed by atoms with E-state index < -0.39 is 11.6 Å². The average Bonchev–Trinajstić information content (AvgIpc) is 3.08. The number of benzene rings is 1. The highest BCUT2D eigenvalue weighted by Crippen LogP contribution is 2.27. The van der Waals surface area contributed by atoms with Crippen molar-refractivity contribution in [3.05, 3.63) is 71.8 Å². The fourth-order valence-corrected chi connectivity index (χ4v) is 2.67. The smallest absolute Gasteiger partial charge is 0.169 e. The van der Waals surface area contributed by atoms with Gasteiger partial charge in [0.2, 0.25) is 0 Å². The van der Waals surface area contributed by atoms with Gasteiger partial charge in [-0.25, -0.2) is 23.4 Å². The van der Waals surface area contributed by atoms with E-state index in [4.69, 9.17) is 5.73 Å². The lowest BCUT2D eigenvalue weighted by Crippen LogP contribution is -2.09. The molecule has 0 amide bonds. The molecule has 2 heterocycles. The Hall–Kier alpha value is -4.06. The molecule has 2 aromatic heterocycles. The summed E-state index contributed by atoms with van der Waals surface area (Å²) in [6, 6.07) is 5.97. The molecule has 29 heavy (non-hydrogen) atoms. The fraction of sp³-hybridized carbons (Fsp3) is 0.100. The van der Waals surface area contributed by atoms with Gasteiger partial charge < -0.3 is 11.1 Å². The molecule has 3 N–H and O–H groups in total. The van der Waals surface area contributed by atoms with Gasteiger partial charge in [-0.3, -0.25) is 0 Å². The molecule has 0 aliphatic rings. The molecule has 0 fully saturated rings. The number of aliphatic imine (C=N–C) groups is 1. The lowest BCUT2D eigenvalue weighted by atomic mass is 10.2. The number of fused-ring (bicyclic) bond motifs is 1. The predicted molar refractivity (Wildman–Crippen MR) is 107 cm³/mol. The Kier molecular flexibility index (Phi) is 5.36. The van der Waals surface area contributed by atoms with E-state index in [1.165, 1.54) is 24.4 Å². The number of allylic oxidation sites excluding steroid dienone is 2. The Morgan fingerprint density at radius 2 is 2.10 bits per heavy atom. The third kappa shape index (κ3) is 4.11. The summed E-state index contributed by atoms with van der Waals surface area (Å²) in [6.07, 6.45) is 4.03. The normalized spacial score (nSPS) is 12.1. The van der Waals surface area contributed by atoms with Crippen LogP contribution in [0.4, 0.5) is 14.6 Å². The number of nitrogens with two attached hydrogens (primary N) is 1. The zero-order chi connectivity index (χ0) is 21.1. The van der Waals surface area contributed by atoms with Gasteiger partial charge in [0.1, 0.15) is 34.7 Å². The van der Waals surface area contributed by atoms with Crippen LogP contribution < -0.4 is 11.1 Å². The molecule has 0 spiro atoms. The number of nitrogens with zero attached hydrogens (tertiary/aromatic N) is 5. The molecule has 3 rings (SSSR count). The maximum Gasteiger partial charge on any atom is 0.169 e. The molecule has 0 atom stereocenters. The SMILES string of the molecule is C=C(C)/C=C(\N=C(\C)N)Nc1ncc(F)c2nn(-c3c(F)cccc3C#N)cc12. The van der Waals surface area contributed by atoms with Gasteiger partial charge in [0.15, 0.2) is 5.82 Å². The van der Waals surface area contributed by atoms with Crippen LogP contribution in [-0.2, 0) is 0 Å². The molecule has 0 radical (unpaired) electrons. The van der Waals surface area contributed by atoms with Crippen LogP contribution in [0.25, 0.3) is 16.6 Å². The van der Waals surface area contributed by atoms with Crippen LogP contribution in [0, 0.1) is 23.0 Å². The largest absolute Gasteiger partial charge is 0.387 e. The van der Waals surface area contributed by atoms with Gasteiger partial charge in [-0.05, 0) is 32.1 Å². The highest BCUT2D eigenvalue weighted by Gasteiger charge is 2.17. The zero-order valence-electron chi connectivity index (χ0n) is 15.7. The molecule has 0 aliphatic heterocycles. The van der Waals surface area contributed by atoms with Crippen molar-refractivity contribution >= 4 is 22.6 Å². The number of nitrogens with one attached hydrogen (secondary N) is 1. The Morgan fingerprint density at radius 3 is 2.76 bits per heavy atom. The van der Waals surface area contributed by atoms with Crippen molar-refractivity contribution in [3.63, 3.8) is 0 Å². The lowest BCUT2D eigenvalue weighted by molar-refractivity contribution is 0.608. The second-order valence-corrected chi connectivity index (χ2v) is 6.29. The summed E-state index contributed by atoms with van der Waals surface area (Å²) >= 11 is 0. The van der Waals surface area contributed by atoms with Gasteiger partial charge in [-0.15, -0.1) is 0 Å². The van der Waals surface area contributed by atoms with E-state index in [-0.39, 0.29) is 28.0 Å². The Labute approximate surface area is 165 Å². The van der Waals surface area contributed by atoms with Crippen molar-refractivity contribution in [3.8, 4) is 11.8 Å². The number of pyridine rings is 1. The molecule has 7 nitrogen and oxygen atoms in total. The van der Waals surface area contributed by atoms with Crippen LogP contribution >= 0.6 is 0 Å². The summed E-state index contributed by atoms with van der Waals surface area (Å²) < 4.78 is 29.8. The third-order valence-corrected chi connectivity index (χ3v) is 3.77. The summed E-state index contributed by atoms with van der Waals surface area (Å²) in [6.45, 7) is 7.18. The minimum atomic E-state index is -0.692. The van der Waals surface area contributed by atoms with E-state index in [1.807, 2.05) is 6.07 Å². The van der Waals surface area contributed by atoms with Crippen LogP contribution in [0.1, 0.15) is 19.4 Å². The Morgan fingerprint density at radius 1 is 1.34 bits per heavy atom. The quantitative estimate of drug-likeness (QED) is 0.390. The van der Waals surface area contributed by atoms with Gasteiger partial charge in [0.25, 0.3) is 0 Å². The summed E-state index contributed by atoms with van der Waals surface area (Å²) in [5, 5.41) is 16.6. The number of amidine groups is 1. The Bertz CT molecular complexity index is 1210. The Balaban J connectivity index is 2.18. The molecule has 0 unspecified atom stereocenters. The van der Waals surface area contributed by atoms with Crippen molar-refractivity contribution in [1.29, 1.82) is 5.26 Å². The van der Waals surface area contributed by atoms with Crippen molar-refractivity contribution < 1.29 is 8.78 Å². The standard InChI is InChI=1S/C20H17F2N7/c1-11(2)7-17(26-12(3)24)27-20-14-10-29(28-18(14)16(22)9-25-20)19-13(8-23)5-4-6-15(19)21/h4-7,9-10H,1H2,2-3H3,(H2,24,26)(H,25,27)/b17-7+.